The molecule has 11 heteroatoms. The van der Waals surface area contributed by atoms with Crippen molar-refractivity contribution in [2.45, 2.75) is 18.1 Å². The van der Waals surface area contributed by atoms with Gasteiger partial charge in [0, 0.05) is 23.7 Å². The molecule has 0 saturated carbocycles. The first kappa shape index (κ1) is 28.0. The van der Waals surface area contributed by atoms with E-state index in [0.717, 1.165) is 5.56 Å². The molecule has 1 unspecified atom stereocenters. The van der Waals surface area contributed by atoms with Crippen molar-refractivity contribution in [3.05, 3.63) is 82.9 Å². The van der Waals surface area contributed by atoms with Gasteiger partial charge in [0.25, 0.3) is 0 Å². The molecule has 0 radical (unpaired) electrons. The van der Waals surface area contributed by atoms with Gasteiger partial charge < -0.3 is 19.9 Å². The van der Waals surface area contributed by atoms with Gasteiger partial charge in [0.15, 0.2) is 16.7 Å². The molecule has 1 heterocycles. The zero-order chi connectivity index (χ0) is 27.9. The number of thioether (sulfide) groups is 1. The first-order valence-corrected chi connectivity index (χ1v) is 13.2. The van der Waals surface area contributed by atoms with E-state index in [1.54, 1.807) is 43.4 Å². The van der Waals surface area contributed by atoms with E-state index < -0.39 is 11.2 Å². The van der Waals surface area contributed by atoms with Gasteiger partial charge in [-0.05, 0) is 72.6 Å². The molecule has 0 spiro atoms. The summed E-state index contributed by atoms with van der Waals surface area (Å²) in [5.74, 6) is -0.458. The van der Waals surface area contributed by atoms with E-state index in [0.29, 0.717) is 46.0 Å². The number of carbonyl (C=O) groups is 3. The first-order chi connectivity index (χ1) is 18.8. The summed E-state index contributed by atoms with van der Waals surface area (Å²) in [4.78, 5) is 43.7. The Kier molecular flexibility index (Phi) is 9.11. The van der Waals surface area contributed by atoms with Crippen LogP contribution in [0.15, 0.2) is 71.7 Å². The molecule has 3 aromatic carbocycles. The predicted octanol–water partition coefficient (Wildman–Crippen LogP) is 5.26. The zero-order valence-corrected chi connectivity index (χ0v) is 22.8. The van der Waals surface area contributed by atoms with Crippen LogP contribution in [-0.4, -0.2) is 59.0 Å². The number of amidine groups is 1. The SMILES string of the molecule is COc1ccc(CCN2C(=O)CC(C(=O)Nc3ccc(C(=O)O)cc3)SC2=Nc2ccc(Cl)cc2)cc1OC. The minimum absolute atomic E-state index is 0.0186. The van der Waals surface area contributed by atoms with Crippen LogP contribution in [0.25, 0.3) is 0 Å². The number of anilines is 1. The number of nitrogens with zero attached hydrogens (tertiary/aromatic N) is 2. The van der Waals surface area contributed by atoms with E-state index in [2.05, 4.69) is 10.3 Å². The Morgan fingerprint density at radius 1 is 1.05 bits per heavy atom. The lowest BCUT2D eigenvalue weighted by Gasteiger charge is -2.32. The van der Waals surface area contributed by atoms with Gasteiger partial charge in [0.05, 0.1) is 25.5 Å². The number of aromatic carboxylic acids is 1. The Morgan fingerprint density at radius 3 is 2.38 bits per heavy atom. The number of ether oxygens (including phenoxy) is 2. The Bertz CT molecular complexity index is 1400. The van der Waals surface area contributed by atoms with Gasteiger partial charge in [0.1, 0.15) is 5.25 Å². The van der Waals surface area contributed by atoms with E-state index >= 15 is 0 Å². The van der Waals surface area contributed by atoms with E-state index in [4.69, 9.17) is 26.2 Å². The smallest absolute Gasteiger partial charge is 0.335 e. The molecule has 202 valence electrons. The molecule has 1 atom stereocenters. The van der Waals surface area contributed by atoms with Gasteiger partial charge in [-0.15, -0.1) is 0 Å². The van der Waals surface area contributed by atoms with Crippen molar-refractivity contribution in [2.24, 2.45) is 4.99 Å². The van der Waals surface area contributed by atoms with Crippen LogP contribution in [0.1, 0.15) is 22.3 Å². The highest BCUT2D eigenvalue weighted by atomic mass is 35.5. The first-order valence-electron chi connectivity index (χ1n) is 11.9. The maximum Gasteiger partial charge on any atom is 0.335 e. The quantitative estimate of drug-likeness (QED) is 0.362. The third-order valence-electron chi connectivity index (χ3n) is 5.95. The lowest BCUT2D eigenvalue weighted by molar-refractivity contribution is -0.129. The maximum atomic E-state index is 13.3. The molecule has 0 bridgehead atoms. The molecule has 2 N–H and O–H groups in total. The van der Waals surface area contributed by atoms with Crippen molar-refractivity contribution >= 4 is 57.7 Å². The number of rotatable bonds is 9. The maximum absolute atomic E-state index is 13.3. The molecule has 1 aliphatic heterocycles. The van der Waals surface area contributed by atoms with Crippen LogP contribution in [0.2, 0.25) is 5.02 Å². The second kappa shape index (κ2) is 12.7. The third-order valence-corrected chi connectivity index (χ3v) is 7.39. The molecule has 0 aliphatic carbocycles. The Hall–Kier alpha value is -4.02. The predicted molar refractivity (Wildman–Crippen MR) is 152 cm³/mol. The van der Waals surface area contributed by atoms with Gasteiger partial charge in [-0.25, -0.2) is 9.79 Å². The molecule has 9 nitrogen and oxygen atoms in total. The van der Waals surface area contributed by atoms with Gasteiger partial charge >= 0.3 is 5.97 Å². The van der Waals surface area contributed by atoms with Gasteiger partial charge in [0.2, 0.25) is 11.8 Å². The summed E-state index contributed by atoms with van der Waals surface area (Å²) in [6.07, 6.45) is 0.508. The number of amides is 2. The number of benzene rings is 3. The number of methoxy groups -OCH3 is 2. The Labute approximate surface area is 234 Å². The number of hydrogen-bond donors (Lipinski definition) is 2. The molecular formula is C28H26ClN3O6S. The number of carbonyl (C=O) groups excluding carboxylic acids is 2. The van der Waals surface area contributed by atoms with Crippen LogP contribution in [-0.2, 0) is 16.0 Å². The highest BCUT2D eigenvalue weighted by molar-refractivity contribution is 8.15. The summed E-state index contributed by atoms with van der Waals surface area (Å²) >= 11 is 7.21. The number of halogens is 1. The van der Waals surface area contributed by atoms with Crippen molar-refractivity contribution in [1.29, 1.82) is 0 Å². The number of carboxylic acids is 1. The second-order valence-corrected chi connectivity index (χ2v) is 10.1. The van der Waals surface area contributed by atoms with Crippen LogP contribution < -0.4 is 14.8 Å². The van der Waals surface area contributed by atoms with Crippen molar-refractivity contribution in [3.8, 4) is 11.5 Å². The lowest BCUT2D eigenvalue weighted by Crippen LogP contribution is -2.46. The summed E-state index contributed by atoms with van der Waals surface area (Å²) in [5.41, 5.74) is 2.08. The fourth-order valence-electron chi connectivity index (χ4n) is 3.88. The van der Waals surface area contributed by atoms with Crippen molar-refractivity contribution < 1.29 is 29.0 Å². The van der Waals surface area contributed by atoms with E-state index in [1.807, 2.05) is 18.2 Å². The summed E-state index contributed by atoms with van der Waals surface area (Å²) in [6.45, 7) is 0.346. The highest BCUT2D eigenvalue weighted by Gasteiger charge is 2.36. The van der Waals surface area contributed by atoms with Crippen molar-refractivity contribution in [2.75, 3.05) is 26.1 Å². The van der Waals surface area contributed by atoms with Gasteiger partial charge in [-0.3, -0.25) is 14.5 Å². The molecule has 1 aliphatic rings. The molecule has 1 fully saturated rings. The molecular weight excluding hydrogens is 542 g/mol. The monoisotopic (exact) mass is 567 g/mol. The summed E-state index contributed by atoms with van der Waals surface area (Å²) in [5, 5.41) is 12.1. The van der Waals surface area contributed by atoms with E-state index in [1.165, 1.54) is 36.0 Å². The molecule has 3 aromatic rings. The topological polar surface area (TPSA) is 118 Å². The minimum Gasteiger partial charge on any atom is -0.493 e. The zero-order valence-electron chi connectivity index (χ0n) is 21.2. The summed E-state index contributed by atoms with van der Waals surface area (Å²) in [7, 11) is 3.13. The average Bonchev–Trinajstić information content (AvgIpc) is 2.93. The normalized spacial score (nSPS) is 16.2. The molecule has 0 aromatic heterocycles. The van der Waals surface area contributed by atoms with Crippen molar-refractivity contribution in [3.63, 3.8) is 0 Å². The van der Waals surface area contributed by atoms with Crippen LogP contribution >= 0.6 is 23.4 Å². The summed E-state index contributed by atoms with van der Waals surface area (Å²) in [6, 6.07) is 18.3. The minimum atomic E-state index is -1.06. The average molecular weight is 568 g/mol. The van der Waals surface area contributed by atoms with E-state index in [9.17, 15) is 14.4 Å². The molecule has 1 saturated heterocycles. The Balaban J connectivity index is 1.54. The van der Waals surface area contributed by atoms with Crippen LogP contribution in [0, 0.1) is 0 Å². The van der Waals surface area contributed by atoms with Crippen molar-refractivity contribution in [1.82, 2.24) is 4.90 Å². The molecule has 39 heavy (non-hydrogen) atoms. The third kappa shape index (κ3) is 7.10. The number of hydrogen-bond acceptors (Lipinski definition) is 7. The second-order valence-electron chi connectivity index (χ2n) is 8.54. The van der Waals surface area contributed by atoms with Crippen LogP contribution in [0.4, 0.5) is 11.4 Å². The largest absolute Gasteiger partial charge is 0.493 e. The highest BCUT2D eigenvalue weighted by Crippen LogP contribution is 2.32. The van der Waals surface area contributed by atoms with Gasteiger partial charge in [-0.1, -0.05) is 29.4 Å². The Morgan fingerprint density at radius 2 is 1.74 bits per heavy atom. The van der Waals surface area contributed by atoms with Gasteiger partial charge in [-0.2, -0.15) is 0 Å². The number of carboxylic acid groups (broad SMARTS) is 1. The summed E-state index contributed by atoms with van der Waals surface area (Å²) < 4.78 is 10.7. The fourth-order valence-corrected chi connectivity index (χ4v) is 5.13. The molecule has 4 rings (SSSR count). The molecule has 2 amide bonds. The number of nitrogens with one attached hydrogen (secondary N) is 1. The van der Waals surface area contributed by atoms with Crippen LogP contribution in [0.3, 0.4) is 0 Å². The van der Waals surface area contributed by atoms with Crippen LogP contribution in [0.5, 0.6) is 11.5 Å². The van der Waals surface area contributed by atoms with E-state index in [-0.39, 0.29) is 23.8 Å². The number of aliphatic imine (C=N–C) groups is 1. The fraction of sp³-hybridized carbons (Fsp3) is 0.214. The lowest BCUT2D eigenvalue weighted by atomic mass is 10.1. The standard InChI is InChI=1S/C28H26ClN3O6S/c1-37-22-12-3-17(15-23(22)38-2)13-14-32-25(33)16-24(39-28(32)31-21-10-6-19(29)7-11-21)26(34)30-20-8-4-18(5-9-20)27(35)36/h3-12,15,24H,13-14,16H2,1-2H3,(H,30,34)(H,35,36).